The van der Waals surface area contributed by atoms with Gasteiger partial charge >= 0.3 is 5.97 Å². The van der Waals surface area contributed by atoms with Gasteiger partial charge in [-0.1, -0.05) is 38.0 Å². The third-order valence-electron chi connectivity index (χ3n) is 6.21. The van der Waals surface area contributed by atoms with Crippen molar-refractivity contribution in [2.75, 3.05) is 31.4 Å². The Hall–Kier alpha value is -2.66. The second kappa shape index (κ2) is 12.5. The van der Waals surface area contributed by atoms with E-state index in [4.69, 9.17) is 4.74 Å². The van der Waals surface area contributed by atoms with Crippen molar-refractivity contribution in [2.45, 2.75) is 48.9 Å². The summed E-state index contributed by atoms with van der Waals surface area (Å²) < 4.78 is 22.6. The molecule has 0 bridgehead atoms. The maximum atomic E-state index is 13.9. The van der Waals surface area contributed by atoms with Gasteiger partial charge in [0.2, 0.25) is 0 Å². The minimum absolute atomic E-state index is 0. The number of fused-ring (bicyclic) bond motifs is 1. The number of anilines is 2. The van der Waals surface area contributed by atoms with Gasteiger partial charge in [0, 0.05) is 36.4 Å². The Morgan fingerprint density at radius 1 is 1.19 bits per heavy atom. The number of carbonyl (C=O) groups is 1. The van der Waals surface area contributed by atoms with E-state index in [1.165, 1.54) is 6.20 Å². The average Bonchev–Trinajstić information content (AvgIpc) is 3.35. The lowest BCUT2D eigenvalue weighted by Gasteiger charge is -2.30. The van der Waals surface area contributed by atoms with Crippen molar-refractivity contribution in [3.8, 4) is 5.69 Å². The zero-order chi connectivity index (χ0) is 24.9. The third kappa shape index (κ3) is 5.67. The molecular formula is C26H34N4O4S2. The van der Waals surface area contributed by atoms with Crippen molar-refractivity contribution in [1.29, 1.82) is 0 Å². The molecular weight excluding hydrogens is 496 g/mol. The molecule has 0 saturated carbocycles. The first kappa shape index (κ1) is 27.9. The van der Waals surface area contributed by atoms with Crippen LogP contribution in [0.2, 0.25) is 0 Å². The molecule has 3 aromatic rings. The molecule has 8 nitrogen and oxygen atoms in total. The van der Waals surface area contributed by atoms with Crippen molar-refractivity contribution in [3.05, 3.63) is 60.4 Å². The Morgan fingerprint density at radius 3 is 2.61 bits per heavy atom. The molecule has 194 valence electrons. The van der Waals surface area contributed by atoms with Crippen LogP contribution < -0.4 is 4.90 Å². The van der Waals surface area contributed by atoms with Crippen molar-refractivity contribution in [2.24, 2.45) is 0 Å². The second-order valence-electron chi connectivity index (χ2n) is 8.42. The highest BCUT2D eigenvalue weighted by Gasteiger charge is 2.32. The number of carbonyl (C=O) groups excluding carboxylic acids is 1. The Bertz CT molecular complexity index is 1200. The minimum atomic E-state index is -1.35. The highest BCUT2D eigenvalue weighted by molar-refractivity contribution is 7.98. The van der Waals surface area contributed by atoms with Crippen molar-refractivity contribution < 1.29 is 19.2 Å². The molecule has 0 radical (unpaired) electrons. The molecule has 36 heavy (non-hydrogen) atoms. The number of ether oxygens (including phenoxy) is 1. The van der Waals surface area contributed by atoms with Crippen molar-refractivity contribution >= 4 is 40.1 Å². The van der Waals surface area contributed by atoms with E-state index in [9.17, 15) is 9.00 Å². The van der Waals surface area contributed by atoms with Gasteiger partial charge in [0.25, 0.3) is 0 Å². The normalized spacial score (nSPS) is 17.7. The van der Waals surface area contributed by atoms with Crippen LogP contribution in [0.25, 0.3) is 5.69 Å². The molecule has 1 aromatic heterocycles. The van der Waals surface area contributed by atoms with Gasteiger partial charge in [-0.05, 0) is 43.9 Å². The number of thioether (sulfide) groups is 1. The number of hydrogen-bond acceptors (Lipinski definition) is 6. The molecule has 0 amide bonds. The molecule has 0 aliphatic carbocycles. The van der Waals surface area contributed by atoms with Gasteiger partial charge in [-0.25, -0.2) is 18.0 Å². The summed E-state index contributed by atoms with van der Waals surface area (Å²) in [6, 6.07) is 14.5. The van der Waals surface area contributed by atoms with E-state index in [2.05, 4.69) is 35.1 Å². The van der Waals surface area contributed by atoms with E-state index in [1.807, 2.05) is 41.9 Å². The summed E-state index contributed by atoms with van der Waals surface area (Å²) >= 11 is 1.60. The minimum Gasteiger partial charge on any atom is -0.462 e. The number of para-hydroxylation sites is 1. The zero-order valence-electron chi connectivity index (χ0n) is 21.1. The number of aromatic nitrogens is 2. The van der Waals surface area contributed by atoms with Gasteiger partial charge in [-0.3, -0.25) is 0 Å². The summed E-state index contributed by atoms with van der Waals surface area (Å²) in [4.78, 5) is 16.2. The van der Waals surface area contributed by atoms with E-state index in [1.54, 1.807) is 29.6 Å². The van der Waals surface area contributed by atoms with E-state index in [0.717, 1.165) is 52.7 Å². The summed E-state index contributed by atoms with van der Waals surface area (Å²) in [6.07, 6.45) is 8.34. The number of hydrogen-bond donors (Lipinski definition) is 0. The third-order valence-corrected chi connectivity index (χ3v) is 8.50. The Morgan fingerprint density at radius 2 is 1.94 bits per heavy atom. The smallest absolute Gasteiger partial charge is 0.341 e. The molecule has 0 spiro atoms. The van der Waals surface area contributed by atoms with E-state index >= 15 is 0 Å². The van der Waals surface area contributed by atoms with Crippen LogP contribution in [0, 0.1) is 0 Å². The van der Waals surface area contributed by atoms with Gasteiger partial charge in [0.1, 0.15) is 11.0 Å². The molecule has 10 heteroatoms. The first-order valence-electron chi connectivity index (χ1n) is 11.9. The molecule has 1 aliphatic heterocycles. The van der Waals surface area contributed by atoms with Crippen LogP contribution >= 0.6 is 11.8 Å². The Kier molecular flexibility index (Phi) is 9.72. The second-order valence-corrected chi connectivity index (χ2v) is 10.8. The maximum absolute atomic E-state index is 13.9. The van der Waals surface area contributed by atoms with Gasteiger partial charge in [-0.2, -0.15) is 5.10 Å². The molecule has 2 heterocycles. The quantitative estimate of drug-likeness (QED) is 0.312. The van der Waals surface area contributed by atoms with E-state index < -0.39 is 17.0 Å². The standard InChI is InChI=1S/C26H32N4O3S2.H2O/c1-5-7-11-21-18-29(20-12-9-8-10-13-20)23-14-24(34-4)22(15-25(23)35(32)28(21)3)30-17-19(16-27-30)26(31)33-6-2;/h8-10,12-17,21H,5-7,11,18H2,1-4H3;1H2. The summed E-state index contributed by atoms with van der Waals surface area (Å²) in [5.74, 6) is -0.406. The lowest BCUT2D eigenvalue weighted by Crippen LogP contribution is -2.38. The number of rotatable bonds is 8. The van der Waals surface area contributed by atoms with Gasteiger partial charge in [-0.15, -0.1) is 11.8 Å². The molecule has 2 unspecified atom stereocenters. The topological polar surface area (TPSA) is 99.2 Å². The van der Waals surface area contributed by atoms with Crippen molar-refractivity contribution in [3.63, 3.8) is 0 Å². The van der Waals surface area contributed by atoms with Crippen LogP contribution in [0.1, 0.15) is 43.5 Å². The fourth-order valence-corrected chi connectivity index (χ4v) is 6.19. The van der Waals surface area contributed by atoms with Crippen LogP contribution in [0.4, 0.5) is 11.4 Å². The number of benzene rings is 2. The summed E-state index contributed by atoms with van der Waals surface area (Å²) in [7, 11) is 0.593. The number of unbranched alkanes of at least 4 members (excludes halogenated alkanes) is 1. The van der Waals surface area contributed by atoms with Crippen molar-refractivity contribution in [1.82, 2.24) is 14.1 Å². The molecule has 2 aromatic carbocycles. The highest BCUT2D eigenvalue weighted by atomic mass is 32.2. The lowest BCUT2D eigenvalue weighted by molar-refractivity contribution is 0.0526. The average molecular weight is 531 g/mol. The summed E-state index contributed by atoms with van der Waals surface area (Å²) in [5.41, 5.74) is 3.18. The van der Waals surface area contributed by atoms with Crippen LogP contribution in [0.15, 0.2) is 64.6 Å². The molecule has 4 rings (SSSR count). The van der Waals surface area contributed by atoms with Gasteiger partial charge in [0.15, 0.2) is 0 Å². The highest BCUT2D eigenvalue weighted by Crippen LogP contribution is 2.40. The first-order chi connectivity index (χ1) is 17.0. The lowest BCUT2D eigenvalue weighted by atomic mass is 10.1. The fourth-order valence-electron chi connectivity index (χ4n) is 4.29. The Balaban J connectivity index is 0.00000361. The van der Waals surface area contributed by atoms with Crippen LogP contribution in [-0.2, 0) is 15.7 Å². The summed E-state index contributed by atoms with van der Waals surface area (Å²) in [5, 5.41) is 4.42. The van der Waals surface area contributed by atoms with E-state index in [-0.39, 0.29) is 11.5 Å². The van der Waals surface area contributed by atoms with E-state index in [0.29, 0.717) is 12.2 Å². The predicted octanol–water partition coefficient (Wildman–Crippen LogP) is 4.61. The monoisotopic (exact) mass is 530 g/mol. The maximum Gasteiger partial charge on any atom is 0.341 e. The molecule has 1 aliphatic rings. The number of likely N-dealkylation sites (N-methyl/N-ethyl adjacent to an activating group) is 1. The van der Waals surface area contributed by atoms with Gasteiger partial charge in [0.05, 0.1) is 34.6 Å². The van der Waals surface area contributed by atoms with Crippen LogP contribution in [0.3, 0.4) is 0 Å². The number of nitrogens with zero attached hydrogens (tertiary/aromatic N) is 4. The SMILES string of the molecule is CCCCC1CN(c2ccccc2)c2cc(SC)c(-n3cc(C(=O)OCC)cn3)cc2S(=O)N1C.O. The Labute approximate surface area is 219 Å². The van der Waals surface area contributed by atoms with Crippen LogP contribution in [-0.4, -0.2) is 62.2 Å². The molecule has 0 saturated heterocycles. The summed E-state index contributed by atoms with van der Waals surface area (Å²) in [6.45, 7) is 5.02. The molecule has 0 fully saturated rings. The van der Waals surface area contributed by atoms with Gasteiger partial charge < -0.3 is 15.1 Å². The largest absolute Gasteiger partial charge is 0.462 e. The zero-order valence-corrected chi connectivity index (χ0v) is 22.8. The molecule has 2 atom stereocenters. The molecule has 2 N–H and O–H groups in total. The fraction of sp³-hybridized carbons (Fsp3) is 0.385. The van der Waals surface area contributed by atoms with Crippen LogP contribution in [0.5, 0.6) is 0 Å². The predicted molar refractivity (Wildman–Crippen MR) is 146 cm³/mol. The number of esters is 1. The first-order valence-corrected chi connectivity index (χ1v) is 14.2.